The van der Waals surface area contributed by atoms with Crippen molar-refractivity contribution in [1.82, 2.24) is 15.0 Å². The molecule has 0 N–H and O–H groups in total. The van der Waals surface area contributed by atoms with Gasteiger partial charge in [0, 0.05) is 6.54 Å². The number of unbranched alkanes of at least 4 members (excludes halogenated alkanes) is 3. The molecule has 0 aromatic carbocycles. The molecule has 1 heterocycles. The van der Waals surface area contributed by atoms with E-state index in [9.17, 15) is 0 Å². The van der Waals surface area contributed by atoms with Gasteiger partial charge in [0.05, 0.1) is 11.9 Å². The highest BCUT2D eigenvalue weighted by molar-refractivity contribution is 4.93. The van der Waals surface area contributed by atoms with Gasteiger partial charge < -0.3 is 0 Å². The molecule has 1 unspecified atom stereocenters. The number of nitrogens with zero attached hydrogens (tertiary/aromatic N) is 3. The van der Waals surface area contributed by atoms with Gasteiger partial charge in [-0.15, -0.1) is 5.10 Å². The lowest BCUT2D eigenvalue weighted by molar-refractivity contribution is 0.456. The fourth-order valence-electron chi connectivity index (χ4n) is 2.66. The molecule has 0 bridgehead atoms. The molecule has 0 radical (unpaired) electrons. The lowest BCUT2D eigenvalue weighted by atomic mass is 10.0. The fourth-order valence-corrected chi connectivity index (χ4v) is 2.66. The van der Waals surface area contributed by atoms with Crippen LogP contribution in [0.25, 0.3) is 0 Å². The summed E-state index contributed by atoms with van der Waals surface area (Å²) in [5.41, 5.74) is 1.32. The van der Waals surface area contributed by atoms with E-state index < -0.39 is 0 Å². The summed E-state index contributed by atoms with van der Waals surface area (Å²) in [5.74, 6) is 1.69. The maximum Gasteiger partial charge on any atom is 0.0725 e. The number of aromatic nitrogens is 3. The zero-order chi connectivity index (χ0) is 15.5. The smallest absolute Gasteiger partial charge is 0.0725 e. The molecule has 3 heteroatoms. The molecule has 0 spiro atoms. The number of aryl methyl sites for hydroxylation is 2. The third-order valence-corrected chi connectivity index (χ3v) is 4.43. The Hall–Kier alpha value is -0.860. The summed E-state index contributed by atoms with van der Waals surface area (Å²) in [5, 5.41) is 8.32. The Morgan fingerprint density at radius 3 is 2.48 bits per heavy atom. The van der Waals surface area contributed by atoms with Gasteiger partial charge in [0.25, 0.3) is 0 Å². The van der Waals surface area contributed by atoms with Crippen molar-refractivity contribution in [3.8, 4) is 0 Å². The Balaban J connectivity index is 2.13. The Morgan fingerprint density at radius 1 is 1.00 bits per heavy atom. The van der Waals surface area contributed by atoms with E-state index in [1.807, 2.05) is 6.20 Å². The standard InChI is InChI=1S/C18H35N3/c1-5-17(4)12-8-6-7-9-14-21-18(15-19-20-21)13-10-11-16(2)3/h15-17H,5-14H2,1-4H3. The van der Waals surface area contributed by atoms with E-state index in [-0.39, 0.29) is 0 Å². The Morgan fingerprint density at radius 2 is 1.76 bits per heavy atom. The van der Waals surface area contributed by atoms with E-state index in [0.29, 0.717) is 0 Å². The molecule has 0 aliphatic rings. The van der Waals surface area contributed by atoms with Crippen LogP contribution in [0.1, 0.15) is 84.8 Å². The highest BCUT2D eigenvalue weighted by atomic mass is 15.4. The Labute approximate surface area is 131 Å². The number of hydrogen-bond donors (Lipinski definition) is 0. The van der Waals surface area contributed by atoms with Gasteiger partial charge in [-0.3, -0.25) is 0 Å². The third kappa shape index (κ3) is 8.23. The molecule has 0 saturated heterocycles. The Bertz CT molecular complexity index is 357. The van der Waals surface area contributed by atoms with Crippen LogP contribution < -0.4 is 0 Å². The molecule has 3 nitrogen and oxygen atoms in total. The van der Waals surface area contributed by atoms with Crippen molar-refractivity contribution >= 4 is 0 Å². The minimum absolute atomic E-state index is 0.792. The van der Waals surface area contributed by atoms with Crippen molar-refractivity contribution in [2.45, 2.75) is 92.0 Å². The van der Waals surface area contributed by atoms with Crippen LogP contribution in [0.3, 0.4) is 0 Å². The van der Waals surface area contributed by atoms with Crippen LogP contribution in [-0.4, -0.2) is 15.0 Å². The summed E-state index contributed by atoms with van der Waals surface area (Å²) in [7, 11) is 0. The predicted molar refractivity (Wildman–Crippen MR) is 90.3 cm³/mol. The zero-order valence-electron chi connectivity index (χ0n) is 14.6. The normalized spacial score (nSPS) is 13.0. The van der Waals surface area contributed by atoms with E-state index in [4.69, 9.17) is 0 Å². The molecule has 0 aliphatic carbocycles. The van der Waals surface area contributed by atoms with Gasteiger partial charge in [-0.1, -0.05) is 71.4 Å². The first-order chi connectivity index (χ1) is 10.1. The van der Waals surface area contributed by atoms with Gasteiger partial charge in [-0.25, -0.2) is 4.68 Å². The van der Waals surface area contributed by atoms with Crippen LogP contribution in [0, 0.1) is 11.8 Å². The van der Waals surface area contributed by atoms with E-state index in [1.54, 1.807) is 0 Å². The minimum Gasteiger partial charge on any atom is -0.249 e. The highest BCUT2D eigenvalue weighted by Crippen LogP contribution is 2.14. The second-order valence-electron chi connectivity index (χ2n) is 6.95. The summed E-state index contributed by atoms with van der Waals surface area (Å²) >= 11 is 0. The average molecular weight is 293 g/mol. The SMILES string of the molecule is CCC(C)CCCCCCn1nncc1CCCC(C)C. The van der Waals surface area contributed by atoms with Crippen LogP contribution in [0.5, 0.6) is 0 Å². The summed E-state index contributed by atoms with van der Waals surface area (Å²) in [6, 6.07) is 0. The van der Waals surface area contributed by atoms with Gasteiger partial charge in [-0.2, -0.15) is 0 Å². The maximum atomic E-state index is 4.24. The molecule has 0 amide bonds. The van der Waals surface area contributed by atoms with Crippen molar-refractivity contribution in [1.29, 1.82) is 0 Å². The maximum absolute atomic E-state index is 4.24. The summed E-state index contributed by atoms with van der Waals surface area (Å²) in [4.78, 5) is 0. The molecule has 0 aliphatic heterocycles. The monoisotopic (exact) mass is 293 g/mol. The Kier molecular flexibility index (Phi) is 9.36. The quantitative estimate of drug-likeness (QED) is 0.492. The van der Waals surface area contributed by atoms with Crippen molar-refractivity contribution < 1.29 is 0 Å². The van der Waals surface area contributed by atoms with Gasteiger partial charge >= 0.3 is 0 Å². The first-order valence-corrected chi connectivity index (χ1v) is 9.00. The first-order valence-electron chi connectivity index (χ1n) is 9.00. The number of rotatable bonds is 12. The lowest BCUT2D eigenvalue weighted by Gasteiger charge is -2.09. The number of hydrogen-bond acceptors (Lipinski definition) is 2. The van der Waals surface area contributed by atoms with E-state index in [1.165, 1.54) is 57.1 Å². The van der Waals surface area contributed by atoms with Crippen molar-refractivity contribution in [2.24, 2.45) is 11.8 Å². The molecule has 1 aromatic rings. The zero-order valence-corrected chi connectivity index (χ0v) is 14.6. The topological polar surface area (TPSA) is 30.7 Å². The van der Waals surface area contributed by atoms with Crippen molar-refractivity contribution in [2.75, 3.05) is 0 Å². The van der Waals surface area contributed by atoms with Gasteiger partial charge in [0.15, 0.2) is 0 Å². The summed E-state index contributed by atoms with van der Waals surface area (Å²) in [6.07, 6.45) is 13.6. The first kappa shape index (κ1) is 18.2. The molecular formula is C18H35N3. The molecule has 21 heavy (non-hydrogen) atoms. The second-order valence-corrected chi connectivity index (χ2v) is 6.95. The molecule has 0 saturated carbocycles. The van der Waals surface area contributed by atoms with Gasteiger partial charge in [-0.05, 0) is 31.1 Å². The molecule has 1 atom stereocenters. The lowest BCUT2D eigenvalue weighted by Crippen LogP contribution is -2.06. The second kappa shape index (κ2) is 10.8. The summed E-state index contributed by atoms with van der Waals surface area (Å²) in [6.45, 7) is 10.3. The van der Waals surface area contributed by atoms with Gasteiger partial charge in [0.2, 0.25) is 0 Å². The van der Waals surface area contributed by atoms with E-state index in [2.05, 4.69) is 42.7 Å². The van der Waals surface area contributed by atoms with Crippen LogP contribution in [0.4, 0.5) is 0 Å². The predicted octanol–water partition coefficient (Wildman–Crippen LogP) is 5.25. The van der Waals surface area contributed by atoms with Crippen molar-refractivity contribution in [3.05, 3.63) is 11.9 Å². The van der Waals surface area contributed by atoms with E-state index >= 15 is 0 Å². The van der Waals surface area contributed by atoms with Crippen LogP contribution in [0.2, 0.25) is 0 Å². The molecular weight excluding hydrogens is 258 g/mol. The fraction of sp³-hybridized carbons (Fsp3) is 0.889. The summed E-state index contributed by atoms with van der Waals surface area (Å²) < 4.78 is 2.12. The minimum atomic E-state index is 0.792. The van der Waals surface area contributed by atoms with Crippen LogP contribution in [0.15, 0.2) is 6.20 Å². The largest absolute Gasteiger partial charge is 0.249 e. The molecule has 122 valence electrons. The molecule has 0 fully saturated rings. The third-order valence-electron chi connectivity index (χ3n) is 4.43. The van der Waals surface area contributed by atoms with Crippen molar-refractivity contribution in [3.63, 3.8) is 0 Å². The van der Waals surface area contributed by atoms with E-state index in [0.717, 1.165) is 24.8 Å². The van der Waals surface area contributed by atoms with Gasteiger partial charge in [0.1, 0.15) is 0 Å². The molecule has 1 aromatic heterocycles. The highest BCUT2D eigenvalue weighted by Gasteiger charge is 2.04. The van der Waals surface area contributed by atoms with Crippen LogP contribution in [-0.2, 0) is 13.0 Å². The van der Waals surface area contributed by atoms with Crippen LogP contribution >= 0.6 is 0 Å². The molecule has 1 rings (SSSR count). The average Bonchev–Trinajstić information content (AvgIpc) is 2.89.